The van der Waals surface area contributed by atoms with Crippen molar-refractivity contribution in [1.29, 1.82) is 0 Å². The number of pyridine rings is 2. The zero-order valence-corrected chi connectivity index (χ0v) is 17.2. The van der Waals surface area contributed by atoms with Gasteiger partial charge in [-0.25, -0.2) is 4.79 Å². The van der Waals surface area contributed by atoms with Crippen LogP contribution < -0.4 is 0 Å². The van der Waals surface area contributed by atoms with Crippen LogP contribution >= 0.6 is 15.9 Å². The Labute approximate surface area is 176 Å². The molecule has 3 aromatic heterocycles. The van der Waals surface area contributed by atoms with Gasteiger partial charge in [0, 0.05) is 28.6 Å². The summed E-state index contributed by atoms with van der Waals surface area (Å²) in [7, 11) is 0. The summed E-state index contributed by atoms with van der Waals surface area (Å²) in [5.74, 6) is -0.619. The van der Waals surface area contributed by atoms with Crippen molar-refractivity contribution in [2.75, 3.05) is 6.61 Å². The number of halogens is 1. The van der Waals surface area contributed by atoms with E-state index in [4.69, 9.17) is 4.74 Å². The van der Waals surface area contributed by atoms with E-state index in [-0.39, 0.29) is 12.4 Å². The van der Waals surface area contributed by atoms with Crippen LogP contribution in [0.4, 0.5) is 0 Å². The fraction of sp³-hybridized carbons (Fsp3) is 0.0870. The van der Waals surface area contributed by atoms with E-state index in [0.29, 0.717) is 22.3 Å². The molecular formula is C23H17BrN2O3. The first-order valence-corrected chi connectivity index (χ1v) is 9.90. The molecule has 0 aliphatic carbocycles. The lowest BCUT2D eigenvalue weighted by molar-refractivity contribution is 0.0529. The van der Waals surface area contributed by atoms with Crippen molar-refractivity contribution >= 4 is 33.2 Å². The predicted molar refractivity (Wildman–Crippen MR) is 114 cm³/mol. The Kier molecular flexibility index (Phi) is 5.27. The third kappa shape index (κ3) is 3.71. The fourth-order valence-corrected chi connectivity index (χ4v) is 3.48. The molecule has 29 heavy (non-hydrogen) atoms. The molecular weight excluding hydrogens is 432 g/mol. The van der Waals surface area contributed by atoms with Gasteiger partial charge in [0.25, 0.3) is 0 Å². The second kappa shape index (κ2) is 8.01. The molecule has 0 saturated carbocycles. The Morgan fingerprint density at radius 3 is 2.41 bits per heavy atom. The molecule has 5 nitrogen and oxygen atoms in total. The summed E-state index contributed by atoms with van der Waals surface area (Å²) in [4.78, 5) is 29.7. The van der Waals surface area contributed by atoms with Gasteiger partial charge in [0.2, 0.25) is 5.78 Å². The van der Waals surface area contributed by atoms with E-state index in [0.717, 1.165) is 15.6 Å². The maximum atomic E-state index is 13.1. The summed E-state index contributed by atoms with van der Waals surface area (Å²) in [6.07, 6.45) is 5.23. The third-order valence-corrected chi connectivity index (χ3v) is 5.15. The highest BCUT2D eigenvalue weighted by Crippen LogP contribution is 2.26. The van der Waals surface area contributed by atoms with Gasteiger partial charge in [0.15, 0.2) is 0 Å². The van der Waals surface area contributed by atoms with Crippen LogP contribution in [0.2, 0.25) is 0 Å². The fourth-order valence-electron chi connectivity index (χ4n) is 3.22. The van der Waals surface area contributed by atoms with Crippen molar-refractivity contribution in [3.05, 3.63) is 94.5 Å². The summed E-state index contributed by atoms with van der Waals surface area (Å²) in [5, 5.41) is 0. The number of esters is 1. The number of rotatable bonds is 5. The number of benzene rings is 1. The van der Waals surface area contributed by atoms with Crippen LogP contribution in [0.5, 0.6) is 0 Å². The maximum absolute atomic E-state index is 13.1. The van der Waals surface area contributed by atoms with Gasteiger partial charge in [-0.2, -0.15) is 0 Å². The SMILES string of the molecule is CCOC(=O)c1cc(C(=O)c2ccc(Br)cc2)n2ccc(-c3ccncc3)cc12. The number of hydrogen-bond donors (Lipinski definition) is 0. The normalized spacial score (nSPS) is 10.8. The van der Waals surface area contributed by atoms with Crippen LogP contribution in [-0.4, -0.2) is 27.7 Å². The predicted octanol–water partition coefficient (Wildman–Crippen LogP) is 5.17. The molecule has 0 N–H and O–H groups in total. The first-order chi connectivity index (χ1) is 14.1. The van der Waals surface area contributed by atoms with Crippen LogP contribution in [0.15, 0.2) is 77.7 Å². The lowest BCUT2D eigenvalue weighted by Crippen LogP contribution is -2.04. The molecule has 0 unspecified atom stereocenters. The second-order valence-electron chi connectivity index (χ2n) is 6.41. The quantitative estimate of drug-likeness (QED) is 0.312. The van der Waals surface area contributed by atoms with E-state index < -0.39 is 5.97 Å². The van der Waals surface area contributed by atoms with Gasteiger partial charge >= 0.3 is 5.97 Å². The molecule has 0 spiro atoms. The van der Waals surface area contributed by atoms with Crippen LogP contribution in [0.3, 0.4) is 0 Å². The van der Waals surface area contributed by atoms with Gasteiger partial charge in [-0.1, -0.05) is 15.9 Å². The standard InChI is InChI=1S/C23H17BrN2O3/c1-2-29-23(28)19-14-21(22(27)16-3-5-18(24)6-4-16)26-12-9-17(13-20(19)26)15-7-10-25-11-8-15/h3-14H,2H2,1H3. The molecule has 3 heterocycles. The molecule has 144 valence electrons. The molecule has 0 fully saturated rings. The average Bonchev–Trinajstić information content (AvgIpc) is 3.13. The maximum Gasteiger partial charge on any atom is 0.340 e. The Morgan fingerprint density at radius 2 is 1.72 bits per heavy atom. The highest BCUT2D eigenvalue weighted by Gasteiger charge is 2.22. The summed E-state index contributed by atoms with van der Waals surface area (Å²) in [6, 6.07) is 16.3. The minimum absolute atomic E-state index is 0.167. The topological polar surface area (TPSA) is 60.7 Å². The molecule has 0 aliphatic heterocycles. The number of carbonyl (C=O) groups is 2. The number of hydrogen-bond acceptors (Lipinski definition) is 4. The van der Waals surface area contributed by atoms with Gasteiger partial charge in [0.05, 0.1) is 23.4 Å². The van der Waals surface area contributed by atoms with E-state index >= 15 is 0 Å². The van der Waals surface area contributed by atoms with Gasteiger partial charge in [-0.05, 0) is 72.6 Å². The Morgan fingerprint density at radius 1 is 1.00 bits per heavy atom. The number of ether oxygens (including phenoxy) is 1. The summed E-state index contributed by atoms with van der Waals surface area (Å²) < 4.78 is 7.85. The summed E-state index contributed by atoms with van der Waals surface area (Å²) in [5.41, 5.74) is 3.83. The van der Waals surface area contributed by atoms with E-state index in [1.54, 1.807) is 48.1 Å². The molecule has 0 radical (unpaired) electrons. The van der Waals surface area contributed by atoms with Crippen molar-refractivity contribution in [3.63, 3.8) is 0 Å². The lowest BCUT2D eigenvalue weighted by atomic mass is 10.1. The first kappa shape index (κ1) is 19.1. The zero-order chi connectivity index (χ0) is 20.4. The molecule has 0 saturated heterocycles. The van der Waals surface area contributed by atoms with Crippen LogP contribution in [0.25, 0.3) is 16.6 Å². The highest BCUT2D eigenvalue weighted by atomic mass is 79.9. The smallest absolute Gasteiger partial charge is 0.340 e. The minimum atomic E-state index is -0.452. The number of fused-ring (bicyclic) bond motifs is 1. The Bertz CT molecular complexity index is 1200. The number of carbonyl (C=O) groups excluding carboxylic acids is 2. The molecule has 4 aromatic rings. The van der Waals surface area contributed by atoms with Gasteiger partial charge in [-0.3, -0.25) is 9.78 Å². The van der Waals surface area contributed by atoms with Gasteiger partial charge in [0.1, 0.15) is 0 Å². The second-order valence-corrected chi connectivity index (χ2v) is 7.32. The highest BCUT2D eigenvalue weighted by molar-refractivity contribution is 9.10. The minimum Gasteiger partial charge on any atom is -0.462 e. The molecule has 0 bridgehead atoms. The molecule has 0 atom stereocenters. The lowest BCUT2D eigenvalue weighted by Gasteiger charge is -2.06. The average molecular weight is 449 g/mol. The van der Waals surface area contributed by atoms with Crippen molar-refractivity contribution in [2.45, 2.75) is 6.92 Å². The van der Waals surface area contributed by atoms with Gasteiger partial charge < -0.3 is 9.14 Å². The Balaban J connectivity index is 1.88. The first-order valence-electron chi connectivity index (χ1n) is 9.11. The van der Waals surface area contributed by atoms with Crippen molar-refractivity contribution in [3.8, 4) is 11.1 Å². The van der Waals surface area contributed by atoms with Gasteiger partial charge in [-0.15, -0.1) is 0 Å². The largest absolute Gasteiger partial charge is 0.462 e. The monoisotopic (exact) mass is 448 g/mol. The van der Waals surface area contributed by atoms with Crippen LogP contribution in [0, 0.1) is 0 Å². The van der Waals surface area contributed by atoms with E-state index in [2.05, 4.69) is 20.9 Å². The molecule has 6 heteroatoms. The van der Waals surface area contributed by atoms with Crippen molar-refractivity contribution in [2.24, 2.45) is 0 Å². The molecule has 1 aromatic carbocycles. The van der Waals surface area contributed by atoms with Crippen LogP contribution in [0.1, 0.15) is 33.3 Å². The van der Waals surface area contributed by atoms with Crippen molar-refractivity contribution in [1.82, 2.24) is 9.38 Å². The molecule has 4 rings (SSSR count). The Hall–Kier alpha value is -3.25. The number of nitrogens with zero attached hydrogens (tertiary/aromatic N) is 2. The van der Waals surface area contributed by atoms with E-state index in [9.17, 15) is 9.59 Å². The zero-order valence-electron chi connectivity index (χ0n) is 15.6. The number of ketones is 1. The summed E-state index contributed by atoms with van der Waals surface area (Å²) >= 11 is 3.38. The molecule has 0 aliphatic rings. The van der Waals surface area contributed by atoms with E-state index in [1.807, 2.05) is 36.4 Å². The number of aromatic nitrogens is 2. The molecule has 0 amide bonds. The summed E-state index contributed by atoms with van der Waals surface area (Å²) in [6.45, 7) is 2.02. The third-order valence-electron chi connectivity index (χ3n) is 4.62. The van der Waals surface area contributed by atoms with Crippen molar-refractivity contribution < 1.29 is 14.3 Å². The van der Waals surface area contributed by atoms with E-state index in [1.165, 1.54) is 0 Å². The van der Waals surface area contributed by atoms with Crippen LogP contribution in [-0.2, 0) is 4.74 Å².